The van der Waals surface area contributed by atoms with Gasteiger partial charge in [0.1, 0.15) is 77.5 Å². The number of aromatic nitrogens is 7. The van der Waals surface area contributed by atoms with E-state index in [0.717, 1.165) is 68.4 Å². The van der Waals surface area contributed by atoms with E-state index in [9.17, 15) is 53.4 Å². The highest BCUT2D eigenvalue weighted by Gasteiger charge is 2.33. The number of fused-ring (bicyclic) bond motifs is 13. The van der Waals surface area contributed by atoms with Gasteiger partial charge in [-0.05, 0) is 50.1 Å². The molecule has 10 N–H and O–H groups in total. The lowest BCUT2D eigenvalue weighted by Gasteiger charge is -2.21. The minimum atomic E-state index is -1.84. The Morgan fingerprint density at radius 3 is 2.10 bits per heavy atom. The number of aryl methyl sites for hydroxylation is 1. The fourth-order valence-electron chi connectivity index (χ4n) is 8.64. The molecule has 0 spiro atoms. The summed E-state index contributed by atoms with van der Waals surface area (Å²) in [5.41, 5.74) is 1.17. The number of carbonyl (C=O) groups is 9. The van der Waals surface area contributed by atoms with Crippen molar-refractivity contribution >= 4 is 138 Å². The van der Waals surface area contributed by atoms with Gasteiger partial charge in [0.2, 0.25) is 11.0 Å². The van der Waals surface area contributed by atoms with E-state index in [1.807, 2.05) is 5.32 Å². The summed E-state index contributed by atoms with van der Waals surface area (Å²) in [6.07, 6.45) is -2.27. The molecule has 12 bridgehead atoms. The molecule has 1 aromatic carbocycles. The highest BCUT2D eigenvalue weighted by molar-refractivity contribution is 8.14. The number of ether oxygens (including phenoxy) is 1. The van der Waals surface area contributed by atoms with Crippen molar-refractivity contribution in [3.05, 3.63) is 142 Å². The number of rotatable bonds is 7. The minimum absolute atomic E-state index is 0.0909. The summed E-state index contributed by atoms with van der Waals surface area (Å²) >= 11 is 5.94. The number of esters is 1. The summed E-state index contributed by atoms with van der Waals surface area (Å²) in [6, 6.07) is 4.58. The molecule has 0 radical (unpaired) electrons. The van der Waals surface area contributed by atoms with E-state index in [1.54, 1.807) is 49.6 Å². The van der Waals surface area contributed by atoms with Gasteiger partial charge in [0.05, 0.1) is 41.0 Å². The number of nitrogens with one attached hydrogen (secondary N) is 7. The van der Waals surface area contributed by atoms with Gasteiger partial charge < -0.3 is 56.9 Å². The van der Waals surface area contributed by atoms with Crippen LogP contribution in [0.4, 0.5) is 0 Å². The largest absolute Gasteiger partial charge is 0.477 e. The normalized spacial score (nSPS) is 18.7. The van der Waals surface area contributed by atoms with E-state index >= 15 is 0 Å². The van der Waals surface area contributed by atoms with Gasteiger partial charge in [-0.1, -0.05) is 43.1 Å². The van der Waals surface area contributed by atoms with E-state index in [0.29, 0.717) is 27.6 Å². The summed E-state index contributed by atoms with van der Waals surface area (Å²) in [5, 5.41) is 55.1. The molecule has 0 unspecified atom stereocenters. The highest BCUT2D eigenvalue weighted by atomic mass is 32.2. The number of thiazole rings is 5. The molecular weight excluding hydrogens is 1230 g/mol. The summed E-state index contributed by atoms with van der Waals surface area (Å²) < 4.78 is 5.63. The lowest BCUT2D eigenvalue weighted by Crippen LogP contribution is -2.52. The molecule has 9 heterocycles. The smallest absolute Gasteiger partial charge is 0.351 e. The number of nitrogens with zero attached hydrogens (tertiary/aromatic N) is 6. The van der Waals surface area contributed by atoms with E-state index in [4.69, 9.17) is 19.8 Å². The minimum Gasteiger partial charge on any atom is -0.477 e. The maximum Gasteiger partial charge on any atom is 0.351 e. The first-order valence-corrected chi connectivity index (χ1v) is 30.8. The molecule has 7 aromatic heterocycles. The van der Waals surface area contributed by atoms with Crippen LogP contribution in [-0.2, 0) is 30.5 Å². The van der Waals surface area contributed by atoms with Gasteiger partial charge in [0, 0.05) is 55.5 Å². The molecule has 5 atom stereocenters. The van der Waals surface area contributed by atoms with Crippen LogP contribution in [0.15, 0.2) is 87.9 Å². The fraction of sp³-hybridized carbons (Fsp3) is 0.204. The van der Waals surface area contributed by atoms with Crippen LogP contribution in [0.3, 0.4) is 0 Å². The number of aliphatic carboxylic acids is 1. The average molecular weight is 1280 g/mol. The Kier molecular flexibility index (Phi) is 17.7. The number of H-pyrrole nitrogens is 1. The van der Waals surface area contributed by atoms with Crippen molar-refractivity contribution in [1.29, 1.82) is 0 Å². The van der Waals surface area contributed by atoms with Crippen LogP contribution in [0.2, 0.25) is 0 Å². The molecule has 0 saturated carbocycles. The number of thioether (sulfide) groups is 1. The number of hydrogen-bond donors (Lipinski definition) is 10. The van der Waals surface area contributed by atoms with Crippen LogP contribution in [0.5, 0.6) is 0 Å². The number of aliphatic hydroxyl groups is 2. The monoisotopic (exact) mass is 1280 g/mol. The van der Waals surface area contributed by atoms with Gasteiger partial charge in [-0.15, -0.1) is 56.7 Å². The quantitative estimate of drug-likeness (QED) is 0.0704. The maximum absolute atomic E-state index is 14.5. The van der Waals surface area contributed by atoms with Gasteiger partial charge in [0.15, 0.2) is 6.10 Å². The van der Waals surface area contributed by atoms with Crippen molar-refractivity contribution in [1.82, 2.24) is 66.8 Å². The molecule has 2 aliphatic heterocycles. The first kappa shape index (κ1) is 60.1. The van der Waals surface area contributed by atoms with E-state index in [2.05, 4.69) is 64.7 Å². The number of cyclic esters (lactones) is 1. The zero-order chi connectivity index (χ0) is 61.2. The number of hydrogen-bond acceptors (Lipinski definition) is 24. The second-order valence-electron chi connectivity index (χ2n) is 18.9. The fourth-order valence-corrected chi connectivity index (χ4v) is 13.8. The Labute approximate surface area is 509 Å². The maximum atomic E-state index is 14.5. The van der Waals surface area contributed by atoms with Crippen LogP contribution >= 0.6 is 68.4 Å². The van der Waals surface area contributed by atoms with E-state index in [1.165, 1.54) is 34.5 Å². The summed E-state index contributed by atoms with van der Waals surface area (Å²) in [6.45, 7) is 11.1. The molecule has 86 heavy (non-hydrogen) atoms. The molecule has 0 saturated heterocycles. The first-order chi connectivity index (χ1) is 41.1. The second kappa shape index (κ2) is 25.3. The molecule has 10 rings (SSSR count). The molecule has 440 valence electrons. The van der Waals surface area contributed by atoms with Gasteiger partial charge in [0.25, 0.3) is 29.5 Å². The summed E-state index contributed by atoms with van der Waals surface area (Å²) in [7, 11) is 0. The molecule has 0 aliphatic carbocycles. The van der Waals surface area contributed by atoms with Crippen molar-refractivity contribution in [3.63, 3.8) is 0 Å². The van der Waals surface area contributed by atoms with Crippen molar-refractivity contribution in [3.8, 4) is 32.7 Å². The molecule has 32 heteroatoms. The Balaban J connectivity index is 1.08. The second-order valence-corrected chi connectivity index (χ2v) is 24.2. The number of aliphatic hydroxyl groups excluding tert-OH is 2. The van der Waals surface area contributed by atoms with Crippen LogP contribution in [0.25, 0.3) is 49.3 Å². The van der Waals surface area contributed by atoms with Crippen molar-refractivity contribution in [2.24, 2.45) is 0 Å². The molecule has 6 amide bonds. The van der Waals surface area contributed by atoms with Crippen molar-refractivity contribution in [2.75, 3.05) is 5.75 Å². The Morgan fingerprint density at radius 1 is 0.744 bits per heavy atom. The topological polar surface area (TPSA) is 389 Å². The Morgan fingerprint density at radius 2 is 1.38 bits per heavy atom. The molecule has 2 aliphatic rings. The number of allylic oxidation sites excluding steroid dienone is 1. The third kappa shape index (κ3) is 12.8. The molecule has 8 aromatic rings. The number of pyridine rings is 1. The average Bonchev–Trinajstić information content (AvgIpc) is 2.24. The Bertz CT molecular complexity index is 4170. The predicted octanol–water partition coefficient (Wildman–Crippen LogP) is 5.41. The SMILES string of the molecule is C=C(NC(=O)C(=C)NC(=O)c1csc(-c2ccc3c(n2)-c2csc(n2)[C@@H]2CSC(=O)c4[nH]c5cccc(c5c4C)COC(=O)[C@@H](O)C[C@@H](NC(=O)c4csc(n4)/C(=C/C)NC(=O)[C@H]([C@@H](C)O)NC(=O)c4csc-3n4)c3nc(cs3)C(=O)N2)n1)C(=O)O. The molecule has 0 fully saturated rings. The zero-order valence-electron chi connectivity index (χ0n) is 44.8. The number of carbonyl (C=O) groups excluding carboxylic acids is 8. The van der Waals surface area contributed by atoms with E-state index in [-0.39, 0.29) is 88.6 Å². The number of amides is 6. The number of carboxylic acid groups (broad SMARTS) is 1. The first-order valence-electron chi connectivity index (χ1n) is 25.4. The predicted molar refractivity (Wildman–Crippen MR) is 319 cm³/mol. The highest BCUT2D eigenvalue weighted by Crippen LogP contribution is 2.38. The van der Waals surface area contributed by atoms with Crippen LogP contribution in [0, 0.1) is 6.92 Å². The summed E-state index contributed by atoms with van der Waals surface area (Å²) in [4.78, 5) is 153. The van der Waals surface area contributed by atoms with Gasteiger partial charge >= 0.3 is 11.9 Å². The lowest BCUT2D eigenvalue weighted by atomic mass is 10.1. The number of carboxylic acids is 1. The van der Waals surface area contributed by atoms with E-state index < -0.39 is 101 Å². The standard InChI is InChI=1S/C54H45N13O13S6/c1-6-26-48-64-32(17-83-48)43(72)60-29-12-36(69)53(78)80-13-24-8-7-9-27-37(24)20(2)38(57-27)54(79)86-19-35(61-44(73)33-18-85-50(29)66-33)51-62-30(14-82-51)40-25(47-63-34(15-81-47)45(74)67-39(23(5)68)46(75)59-26)10-11-28(58-40)49-65-31(16-84-49)42(71)55-21(3)41(70)56-22(4)52(76)77/h6-11,14-18,23,29,35-36,39,57,68-69H,3-4,12-13,19H2,1-2,5H3,(H,55,71)(H,56,70)(H,59,75)(H,60,72)(H,61,73)(H,67,74)(H,76,77)/b26-6-/t23-,29-,35+,36+,39+/m1/s1. The number of benzene rings is 1. The third-order valence-electron chi connectivity index (χ3n) is 13.0. The van der Waals surface area contributed by atoms with Gasteiger partial charge in [-0.2, -0.15) is 0 Å². The zero-order valence-corrected chi connectivity index (χ0v) is 49.7. The van der Waals surface area contributed by atoms with Crippen LogP contribution in [-0.4, -0.2) is 127 Å². The van der Waals surface area contributed by atoms with Crippen molar-refractivity contribution < 1.29 is 63.2 Å². The molecular formula is C54H45N13O13S6. The van der Waals surface area contributed by atoms with Gasteiger partial charge in [-0.25, -0.2) is 39.5 Å². The Hall–Kier alpha value is -9.02. The van der Waals surface area contributed by atoms with Crippen LogP contribution < -0.4 is 31.9 Å². The number of aromatic amines is 1. The molecule has 26 nitrogen and oxygen atoms in total. The van der Waals surface area contributed by atoms with Crippen LogP contribution in [0.1, 0.15) is 111 Å². The lowest BCUT2D eigenvalue weighted by molar-refractivity contribution is -0.155. The van der Waals surface area contributed by atoms with Gasteiger partial charge in [-0.3, -0.25) is 33.6 Å². The van der Waals surface area contributed by atoms with Crippen molar-refractivity contribution in [2.45, 2.75) is 64.1 Å². The third-order valence-corrected chi connectivity index (χ3v) is 18.5. The summed E-state index contributed by atoms with van der Waals surface area (Å²) in [5.74, 6) is -7.73.